The second kappa shape index (κ2) is 7.86. The summed E-state index contributed by atoms with van der Waals surface area (Å²) in [5, 5.41) is 12.1. The van der Waals surface area contributed by atoms with E-state index in [2.05, 4.69) is 5.32 Å². The Hall–Kier alpha value is -2.78. The molecule has 1 heterocycles. The van der Waals surface area contributed by atoms with Crippen molar-refractivity contribution in [2.24, 2.45) is 0 Å². The summed E-state index contributed by atoms with van der Waals surface area (Å²) in [6.45, 7) is 3.45. The Labute approximate surface area is 150 Å². The molecule has 0 saturated carbocycles. The van der Waals surface area contributed by atoms with Gasteiger partial charge in [-0.2, -0.15) is 5.26 Å². The lowest BCUT2D eigenvalue weighted by Gasteiger charge is -2.08. The molecule has 0 aliphatic rings. The lowest BCUT2D eigenvalue weighted by molar-refractivity contribution is -0.116. The number of hydrogen-bond donors (Lipinski definition) is 1. The predicted octanol–water partition coefficient (Wildman–Crippen LogP) is 4.03. The SMILES string of the molecule is COc1ccc(Cl)cc1C(=O)CCC(=O)Nc1oc(C)c(C)c1C#N. The smallest absolute Gasteiger partial charge is 0.227 e. The maximum atomic E-state index is 12.3. The monoisotopic (exact) mass is 360 g/mol. The zero-order chi connectivity index (χ0) is 18.6. The number of ether oxygens (including phenoxy) is 1. The van der Waals surface area contributed by atoms with E-state index in [0.717, 1.165) is 0 Å². The first kappa shape index (κ1) is 18.6. The van der Waals surface area contributed by atoms with E-state index >= 15 is 0 Å². The Morgan fingerprint density at radius 3 is 2.68 bits per heavy atom. The van der Waals surface area contributed by atoms with Gasteiger partial charge < -0.3 is 9.15 Å². The van der Waals surface area contributed by atoms with E-state index in [4.69, 9.17) is 26.0 Å². The number of rotatable bonds is 6. The molecule has 0 atom stereocenters. The van der Waals surface area contributed by atoms with Crippen LogP contribution in [-0.4, -0.2) is 18.8 Å². The molecular weight excluding hydrogens is 344 g/mol. The van der Waals surface area contributed by atoms with E-state index in [9.17, 15) is 9.59 Å². The molecule has 130 valence electrons. The maximum Gasteiger partial charge on any atom is 0.227 e. The molecule has 0 saturated heterocycles. The highest BCUT2D eigenvalue weighted by Crippen LogP contribution is 2.26. The quantitative estimate of drug-likeness (QED) is 0.785. The van der Waals surface area contributed by atoms with E-state index in [1.807, 2.05) is 6.07 Å². The number of anilines is 1. The van der Waals surface area contributed by atoms with Crippen LogP contribution >= 0.6 is 11.6 Å². The number of halogens is 1. The standard InChI is InChI=1S/C18H17ClN2O4/c1-10-11(2)25-18(14(10)9-20)21-17(23)7-5-15(22)13-8-12(19)4-6-16(13)24-3/h4,6,8H,5,7H2,1-3H3,(H,21,23). The molecule has 1 amide bonds. The Morgan fingerprint density at radius 2 is 2.04 bits per heavy atom. The number of ketones is 1. The van der Waals surface area contributed by atoms with Crippen LogP contribution in [0, 0.1) is 25.2 Å². The van der Waals surface area contributed by atoms with Crippen LogP contribution < -0.4 is 10.1 Å². The summed E-state index contributed by atoms with van der Waals surface area (Å²) in [5.41, 5.74) is 1.29. The number of hydrogen-bond acceptors (Lipinski definition) is 5. The van der Waals surface area contributed by atoms with Crippen molar-refractivity contribution in [3.05, 3.63) is 45.7 Å². The third-order valence-electron chi connectivity index (χ3n) is 3.79. The van der Waals surface area contributed by atoms with Crippen molar-refractivity contribution in [1.29, 1.82) is 5.26 Å². The number of nitriles is 1. The van der Waals surface area contributed by atoms with Crippen molar-refractivity contribution < 1.29 is 18.7 Å². The van der Waals surface area contributed by atoms with E-state index in [1.54, 1.807) is 26.0 Å². The highest BCUT2D eigenvalue weighted by molar-refractivity contribution is 6.31. The largest absolute Gasteiger partial charge is 0.496 e. The summed E-state index contributed by atoms with van der Waals surface area (Å²) >= 11 is 5.91. The van der Waals surface area contributed by atoms with Gasteiger partial charge in [-0.25, -0.2) is 0 Å². The molecule has 25 heavy (non-hydrogen) atoms. The van der Waals surface area contributed by atoms with Crippen molar-refractivity contribution in [2.75, 3.05) is 12.4 Å². The molecule has 2 rings (SSSR count). The van der Waals surface area contributed by atoms with Crippen molar-refractivity contribution in [3.8, 4) is 11.8 Å². The molecule has 0 radical (unpaired) electrons. The van der Waals surface area contributed by atoms with Gasteiger partial charge in [0.2, 0.25) is 11.8 Å². The fourth-order valence-corrected chi connectivity index (χ4v) is 2.47. The maximum absolute atomic E-state index is 12.3. The van der Waals surface area contributed by atoms with Gasteiger partial charge in [-0.1, -0.05) is 11.6 Å². The Morgan fingerprint density at radius 1 is 1.32 bits per heavy atom. The first-order valence-corrected chi connectivity index (χ1v) is 7.91. The van der Waals surface area contributed by atoms with Crippen molar-refractivity contribution >= 4 is 29.2 Å². The van der Waals surface area contributed by atoms with E-state index in [0.29, 0.717) is 27.7 Å². The van der Waals surface area contributed by atoms with Crippen LogP contribution in [0.4, 0.5) is 5.88 Å². The molecule has 1 aromatic carbocycles. The minimum Gasteiger partial charge on any atom is -0.496 e. The van der Waals surface area contributed by atoms with Gasteiger partial charge in [-0.3, -0.25) is 14.9 Å². The van der Waals surface area contributed by atoms with Crippen molar-refractivity contribution in [2.45, 2.75) is 26.7 Å². The van der Waals surface area contributed by atoms with Crippen LogP contribution in [0.25, 0.3) is 0 Å². The second-order valence-electron chi connectivity index (χ2n) is 5.42. The average Bonchev–Trinajstić information content (AvgIpc) is 2.85. The number of carbonyl (C=O) groups is 2. The lowest BCUT2D eigenvalue weighted by Crippen LogP contribution is -2.14. The summed E-state index contributed by atoms with van der Waals surface area (Å²) in [6, 6.07) is 6.72. The van der Waals surface area contributed by atoms with Crippen molar-refractivity contribution in [1.82, 2.24) is 0 Å². The van der Waals surface area contributed by atoms with E-state index in [-0.39, 0.29) is 30.1 Å². The lowest BCUT2D eigenvalue weighted by atomic mass is 10.1. The molecule has 0 aliphatic carbocycles. The zero-order valence-corrected chi connectivity index (χ0v) is 14.9. The molecule has 0 fully saturated rings. The molecule has 7 heteroatoms. The molecule has 1 N–H and O–H groups in total. The molecule has 2 aromatic rings. The summed E-state index contributed by atoms with van der Waals surface area (Å²) < 4.78 is 10.5. The van der Waals surface area contributed by atoms with Gasteiger partial charge in [0, 0.05) is 23.4 Å². The van der Waals surface area contributed by atoms with Crippen LogP contribution in [-0.2, 0) is 4.79 Å². The fourth-order valence-electron chi connectivity index (χ4n) is 2.30. The van der Waals surface area contributed by atoms with Crippen LogP contribution in [0.15, 0.2) is 22.6 Å². The minimum atomic E-state index is -0.417. The van der Waals surface area contributed by atoms with Gasteiger partial charge in [-0.05, 0) is 32.0 Å². The average molecular weight is 361 g/mol. The summed E-state index contributed by atoms with van der Waals surface area (Å²) in [6.07, 6.45) is -0.0821. The first-order chi connectivity index (χ1) is 11.9. The Kier molecular flexibility index (Phi) is 5.84. The van der Waals surface area contributed by atoms with Crippen LogP contribution in [0.2, 0.25) is 5.02 Å². The topological polar surface area (TPSA) is 92.3 Å². The highest BCUT2D eigenvalue weighted by atomic mass is 35.5. The number of nitrogens with one attached hydrogen (secondary N) is 1. The number of amides is 1. The molecular formula is C18H17ClN2O4. The van der Waals surface area contributed by atoms with Gasteiger partial charge in [0.15, 0.2) is 5.78 Å². The first-order valence-electron chi connectivity index (χ1n) is 7.54. The molecule has 0 aliphatic heterocycles. The number of nitrogens with zero attached hydrogens (tertiary/aromatic N) is 1. The zero-order valence-electron chi connectivity index (χ0n) is 14.1. The number of carbonyl (C=O) groups excluding carboxylic acids is 2. The molecule has 0 bridgehead atoms. The van der Waals surface area contributed by atoms with Crippen LogP contribution in [0.3, 0.4) is 0 Å². The minimum absolute atomic E-state index is 0.0247. The molecule has 1 aromatic heterocycles. The van der Waals surface area contributed by atoms with Crippen LogP contribution in [0.5, 0.6) is 5.75 Å². The van der Waals surface area contributed by atoms with Crippen LogP contribution in [0.1, 0.15) is 40.1 Å². The molecule has 0 unspecified atom stereocenters. The summed E-state index contributed by atoms with van der Waals surface area (Å²) in [7, 11) is 1.46. The Balaban J connectivity index is 2.03. The number of benzene rings is 1. The number of furan rings is 1. The molecule has 6 nitrogen and oxygen atoms in total. The number of methoxy groups -OCH3 is 1. The van der Waals surface area contributed by atoms with Crippen molar-refractivity contribution in [3.63, 3.8) is 0 Å². The summed E-state index contributed by atoms with van der Waals surface area (Å²) in [5.74, 6) is 0.391. The predicted molar refractivity (Wildman–Crippen MR) is 93.1 cm³/mol. The third kappa shape index (κ3) is 4.20. The number of Topliss-reactive ketones (excluding diaryl/α,β-unsaturated/α-hetero) is 1. The van der Waals surface area contributed by atoms with Gasteiger partial charge in [0.25, 0.3) is 0 Å². The van der Waals surface area contributed by atoms with Gasteiger partial charge in [0.1, 0.15) is 23.1 Å². The van der Waals surface area contributed by atoms with Gasteiger partial charge in [0.05, 0.1) is 12.7 Å². The van der Waals surface area contributed by atoms with Gasteiger partial charge in [-0.15, -0.1) is 0 Å². The third-order valence-corrected chi connectivity index (χ3v) is 4.03. The normalized spacial score (nSPS) is 10.2. The Bertz CT molecular complexity index is 865. The summed E-state index contributed by atoms with van der Waals surface area (Å²) in [4.78, 5) is 24.4. The highest BCUT2D eigenvalue weighted by Gasteiger charge is 2.18. The fraction of sp³-hybridized carbons (Fsp3) is 0.278. The molecule has 0 spiro atoms. The van der Waals surface area contributed by atoms with E-state index < -0.39 is 5.91 Å². The van der Waals surface area contributed by atoms with E-state index in [1.165, 1.54) is 13.2 Å². The number of aryl methyl sites for hydroxylation is 1. The van der Waals surface area contributed by atoms with Gasteiger partial charge >= 0.3 is 0 Å². The second-order valence-corrected chi connectivity index (χ2v) is 5.85.